The van der Waals surface area contributed by atoms with E-state index in [1.165, 1.54) is 12.1 Å². The molecule has 1 N–H and O–H groups in total. The number of nitrogens with one attached hydrogen (secondary N) is 1. The highest BCUT2D eigenvalue weighted by molar-refractivity contribution is 6.08. The molecule has 0 saturated carbocycles. The number of methoxy groups -OCH3 is 1. The maximum Gasteiger partial charge on any atom is 0.321 e. The number of carbonyl (C=O) groups excluding carboxylic acids is 2. The number of rotatable bonds is 5. The summed E-state index contributed by atoms with van der Waals surface area (Å²) < 4.78 is 23.6. The average molecular weight is 455 g/mol. The maximum atomic E-state index is 13.2. The fourth-order valence-electron chi connectivity index (χ4n) is 4.09. The molecular formula is C24H27FN4O4. The highest BCUT2D eigenvalue weighted by atomic mass is 19.1. The van der Waals surface area contributed by atoms with E-state index in [2.05, 4.69) is 10.2 Å². The van der Waals surface area contributed by atoms with Crippen molar-refractivity contribution in [2.24, 2.45) is 10.9 Å². The second-order valence-electron chi connectivity index (χ2n) is 7.84. The van der Waals surface area contributed by atoms with Crippen LogP contribution in [0.4, 0.5) is 10.1 Å². The van der Waals surface area contributed by atoms with E-state index in [-0.39, 0.29) is 12.4 Å². The van der Waals surface area contributed by atoms with E-state index in [1.807, 2.05) is 17.0 Å². The molecule has 33 heavy (non-hydrogen) atoms. The molecule has 2 aromatic rings. The van der Waals surface area contributed by atoms with Gasteiger partial charge in [-0.3, -0.25) is 14.9 Å². The van der Waals surface area contributed by atoms with Crippen molar-refractivity contribution in [1.29, 1.82) is 0 Å². The number of nitrogens with zero attached hydrogens (tertiary/aromatic N) is 3. The Kier molecular flexibility index (Phi) is 6.76. The predicted octanol–water partition coefficient (Wildman–Crippen LogP) is 2.36. The number of hydrogen-bond acceptors (Lipinski definition) is 7. The molecule has 0 bridgehead atoms. The Balaban J connectivity index is 1.55. The number of benzene rings is 2. The summed E-state index contributed by atoms with van der Waals surface area (Å²) in [4.78, 5) is 34.5. The topological polar surface area (TPSA) is 83.5 Å². The minimum absolute atomic E-state index is 0.180. The zero-order valence-corrected chi connectivity index (χ0v) is 18.7. The third-order valence-corrected chi connectivity index (χ3v) is 5.86. The van der Waals surface area contributed by atoms with Crippen LogP contribution >= 0.6 is 0 Å². The van der Waals surface area contributed by atoms with Crippen molar-refractivity contribution >= 4 is 23.5 Å². The monoisotopic (exact) mass is 454 g/mol. The molecule has 0 radical (unpaired) electrons. The van der Waals surface area contributed by atoms with Crippen LogP contribution < -0.4 is 15.0 Å². The quantitative estimate of drug-likeness (QED) is 0.552. The second kappa shape index (κ2) is 9.89. The van der Waals surface area contributed by atoms with Crippen molar-refractivity contribution in [3.63, 3.8) is 0 Å². The van der Waals surface area contributed by atoms with Crippen molar-refractivity contribution in [3.8, 4) is 5.75 Å². The van der Waals surface area contributed by atoms with Gasteiger partial charge in [0.25, 0.3) is 0 Å². The molecule has 8 nitrogen and oxygen atoms in total. The van der Waals surface area contributed by atoms with Gasteiger partial charge in [-0.05, 0) is 48.9 Å². The Bertz CT molecular complexity index is 1020. The lowest BCUT2D eigenvalue weighted by molar-refractivity contribution is -0.153. The summed E-state index contributed by atoms with van der Waals surface area (Å²) in [6.45, 7) is 4.51. The molecule has 2 atom stereocenters. The molecule has 9 heteroatoms. The number of esters is 1. The second-order valence-corrected chi connectivity index (χ2v) is 7.84. The Morgan fingerprint density at radius 2 is 1.70 bits per heavy atom. The highest BCUT2D eigenvalue weighted by Crippen LogP contribution is 2.32. The predicted molar refractivity (Wildman–Crippen MR) is 122 cm³/mol. The summed E-state index contributed by atoms with van der Waals surface area (Å²) in [6, 6.07) is 12.9. The average Bonchev–Trinajstić information content (AvgIpc) is 2.84. The van der Waals surface area contributed by atoms with Crippen LogP contribution in [0.5, 0.6) is 5.75 Å². The zero-order valence-electron chi connectivity index (χ0n) is 18.7. The van der Waals surface area contributed by atoms with E-state index in [1.54, 1.807) is 38.3 Å². The lowest BCUT2D eigenvalue weighted by atomic mass is 9.91. The first kappa shape index (κ1) is 22.6. The van der Waals surface area contributed by atoms with Gasteiger partial charge in [-0.25, -0.2) is 9.38 Å². The van der Waals surface area contributed by atoms with Crippen molar-refractivity contribution in [2.45, 2.75) is 13.0 Å². The Morgan fingerprint density at radius 1 is 1.06 bits per heavy atom. The molecule has 1 fully saturated rings. The molecule has 1 saturated heterocycles. The van der Waals surface area contributed by atoms with Crippen LogP contribution in [0.3, 0.4) is 0 Å². The van der Waals surface area contributed by atoms with Crippen LogP contribution in [0.2, 0.25) is 0 Å². The molecule has 2 aliphatic rings. The third-order valence-electron chi connectivity index (χ3n) is 5.86. The minimum Gasteiger partial charge on any atom is -0.497 e. The van der Waals surface area contributed by atoms with Gasteiger partial charge in [-0.15, -0.1) is 0 Å². The van der Waals surface area contributed by atoms with Crippen molar-refractivity contribution in [3.05, 3.63) is 59.9 Å². The summed E-state index contributed by atoms with van der Waals surface area (Å²) in [5, 5.41) is 2.80. The summed E-state index contributed by atoms with van der Waals surface area (Å²) in [5.74, 6) is -1.24. The lowest BCUT2D eigenvalue weighted by Crippen LogP contribution is -2.57. The Labute approximate surface area is 192 Å². The Hall–Kier alpha value is -3.62. The molecule has 2 aliphatic heterocycles. The number of hydrogen-bond donors (Lipinski definition) is 1. The van der Waals surface area contributed by atoms with Gasteiger partial charge < -0.3 is 19.3 Å². The van der Waals surface area contributed by atoms with E-state index < -0.39 is 23.8 Å². The summed E-state index contributed by atoms with van der Waals surface area (Å²) in [5.41, 5.74) is 1.68. The largest absolute Gasteiger partial charge is 0.497 e. The fourth-order valence-corrected chi connectivity index (χ4v) is 4.09. The number of carbonyl (C=O) groups is 2. The molecule has 0 aromatic heterocycles. The first-order valence-electron chi connectivity index (χ1n) is 10.9. The van der Waals surface area contributed by atoms with Crippen molar-refractivity contribution in [2.75, 3.05) is 44.8 Å². The van der Waals surface area contributed by atoms with E-state index in [0.29, 0.717) is 37.9 Å². The molecule has 174 valence electrons. The van der Waals surface area contributed by atoms with E-state index in [9.17, 15) is 14.0 Å². The van der Waals surface area contributed by atoms with Crippen LogP contribution in [-0.4, -0.2) is 62.6 Å². The van der Waals surface area contributed by atoms with Crippen molar-refractivity contribution < 1.29 is 23.5 Å². The maximum absolute atomic E-state index is 13.2. The standard InChI is InChI=1S/C24H27FN4O4/c1-3-33-23(31)20-21(16-4-10-19(32-2)11-5-16)26-24(27-22(20)30)29-14-12-28(13-15-29)18-8-6-17(25)7-9-18/h4-11,20-21H,3,12-15H2,1-2H3,(H,26,27,30)/t20-,21+/m0/s1. The molecule has 1 amide bonds. The summed E-state index contributed by atoms with van der Waals surface area (Å²) in [7, 11) is 1.58. The molecule has 0 unspecified atom stereocenters. The van der Waals surface area contributed by atoms with E-state index in [0.717, 1.165) is 11.3 Å². The van der Waals surface area contributed by atoms with Crippen LogP contribution in [0, 0.1) is 11.7 Å². The van der Waals surface area contributed by atoms with Crippen molar-refractivity contribution in [1.82, 2.24) is 10.2 Å². The van der Waals surface area contributed by atoms with Gasteiger partial charge in [0.2, 0.25) is 11.9 Å². The normalized spacial score (nSPS) is 20.7. The number of halogens is 1. The van der Waals surface area contributed by atoms with E-state index >= 15 is 0 Å². The highest BCUT2D eigenvalue weighted by Gasteiger charge is 2.42. The van der Waals surface area contributed by atoms with Gasteiger partial charge in [0, 0.05) is 31.9 Å². The van der Waals surface area contributed by atoms with Gasteiger partial charge in [0.15, 0.2) is 5.92 Å². The summed E-state index contributed by atoms with van der Waals surface area (Å²) >= 11 is 0. The van der Waals surface area contributed by atoms with Crippen LogP contribution in [0.15, 0.2) is 53.5 Å². The van der Waals surface area contributed by atoms with Gasteiger partial charge in [0.05, 0.1) is 13.7 Å². The number of amides is 1. The summed E-state index contributed by atoms with van der Waals surface area (Å²) in [6.07, 6.45) is 0. The number of aliphatic imine (C=N–C) groups is 1. The third kappa shape index (κ3) is 4.92. The fraction of sp³-hybridized carbons (Fsp3) is 0.375. The smallest absolute Gasteiger partial charge is 0.321 e. The number of guanidine groups is 1. The first-order chi connectivity index (χ1) is 16.0. The Morgan fingerprint density at radius 3 is 2.30 bits per heavy atom. The van der Waals surface area contributed by atoms with Gasteiger partial charge in [-0.1, -0.05) is 12.1 Å². The zero-order chi connectivity index (χ0) is 23.4. The minimum atomic E-state index is -1.07. The molecular weight excluding hydrogens is 427 g/mol. The van der Waals surface area contributed by atoms with Gasteiger partial charge >= 0.3 is 5.97 Å². The molecule has 4 rings (SSSR count). The molecule has 0 spiro atoms. The van der Waals surface area contributed by atoms with Crippen LogP contribution in [0.25, 0.3) is 0 Å². The van der Waals surface area contributed by atoms with E-state index in [4.69, 9.17) is 14.5 Å². The number of ether oxygens (including phenoxy) is 2. The number of anilines is 1. The van der Waals surface area contributed by atoms with Gasteiger partial charge in [0.1, 0.15) is 17.6 Å². The van der Waals surface area contributed by atoms with Crippen LogP contribution in [0.1, 0.15) is 18.5 Å². The number of piperazine rings is 1. The first-order valence-corrected chi connectivity index (χ1v) is 10.9. The molecule has 2 aromatic carbocycles. The van der Waals surface area contributed by atoms with Gasteiger partial charge in [-0.2, -0.15) is 0 Å². The SMILES string of the molecule is CCOC(=O)[C@@H]1C(=O)NC(N2CCN(c3ccc(F)cc3)CC2)=N[C@@H]1c1ccc(OC)cc1. The van der Waals surface area contributed by atoms with Crippen LogP contribution in [-0.2, 0) is 14.3 Å². The molecule has 2 heterocycles. The molecule has 0 aliphatic carbocycles. The lowest BCUT2D eigenvalue weighted by Gasteiger charge is -2.39.